The topological polar surface area (TPSA) is 77.1 Å². The van der Waals surface area contributed by atoms with E-state index >= 15 is 0 Å². The maximum atomic E-state index is 12.2. The lowest BCUT2D eigenvalue weighted by atomic mass is 10.2. The molecule has 0 aliphatic heterocycles. The third kappa shape index (κ3) is 3.59. The van der Waals surface area contributed by atoms with Crippen LogP contribution >= 0.6 is 0 Å². The summed E-state index contributed by atoms with van der Waals surface area (Å²) < 4.78 is 6.78. The van der Waals surface area contributed by atoms with Gasteiger partial charge in [-0.1, -0.05) is 6.92 Å². The first-order valence-electron chi connectivity index (χ1n) is 6.96. The summed E-state index contributed by atoms with van der Waals surface area (Å²) in [5.41, 5.74) is 0.0151. The van der Waals surface area contributed by atoms with Gasteiger partial charge in [-0.2, -0.15) is 5.10 Å². The second-order valence-corrected chi connectivity index (χ2v) is 4.92. The largest absolute Gasteiger partial charge is 0.464 e. The summed E-state index contributed by atoms with van der Waals surface area (Å²) >= 11 is 0. The number of carbonyl (C=O) groups excluding carboxylic acids is 1. The lowest BCUT2D eigenvalue weighted by molar-refractivity contribution is 0.0927. The van der Waals surface area contributed by atoms with Gasteiger partial charge >= 0.3 is 0 Å². The molecular formula is C15H19N3O3. The molecule has 0 aromatic carbocycles. The minimum Gasteiger partial charge on any atom is -0.464 e. The number of hydrogen-bond donors (Lipinski definition) is 1. The predicted molar refractivity (Wildman–Crippen MR) is 78.1 cm³/mol. The standard InChI is InChI=1S/C15H19N3O3/c1-4-9-18-14(19)8-6-12(17-18)15(20)16-11(3)13-7-5-10(2)21-13/h5-8,11H,4,9H2,1-3H3,(H,16,20)/t11-/m0/s1. The average molecular weight is 289 g/mol. The molecular weight excluding hydrogens is 270 g/mol. The minimum absolute atomic E-state index is 0.205. The third-order valence-electron chi connectivity index (χ3n) is 3.07. The van der Waals surface area contributed by atoms with E-state index in [0.717, 1.165) is 12.2 Å². The van der Waals surface area contributed by atoms with Crippen LogP contribution in [0.15, 0.2) is 33.5 Å². The van der Waals surface area contributed by atoms with Crippen LogP contribution in [0.2, 0.25) is 0 Å². The summed E-state index contributed by atoms with van der Waals surface area (Å²) in [5, 5.41) is 6.88. The Bertz CT molecular complexity index is 687. The molecule has 1 amide bonds. The number of amides is 1. The molecule has 2 aromatic heterocycles. The van der Waals surface area contributed by atoms with Gasteiger partial charge in [-0.25, -0.2) is 4.68 Å². The van der Waals surface area contributed by atoms with Crippen LogP contribution in [-0.4, -0.2) is 15.7 Å². The van der Waals surface area contributed by atoms with Crippen molar-refractivity contribution in [2.45, 2.75) is 39.8 Å². The maximum absolute atomic E-state index is 12.2. The molecule has 6 heteroatoms. The molecule has 2 aromatic rings. The molecule has 2 heterocycles. The zero-order valence-electron chi connectivity index (χ0n) is 12.4. The van der Waals surface area contributed by atoms with E-state index < -0.39 is 0 Å². The molecule has 0 spiro atoms. The second-order valence-electron chi connectivity index (χ2n) is 4.92. The van der Waals surface area contributed by atoms with E-state index in [1.54, 1.807) is 0 Å². The van der Waals surface area contributed by atoms with Gasteiger partial charge in [-0.05, 0) is 38.5 Å². The predicted octanol–water partition coefficient (Wildman–Crippen LogP) is 2.05. The van der Waals surface area contributed by atoms with E-state index in [9.17, 15) is 9.59 Å². The fourth-order valence-electron chi connectivity index (χ4n) is 1.97. The van der Waals surface area contributed by atoms with Crippen molar-refractivity contribution in [1.29, 1.82) is 0 Å². The number of nitrogens with one attached hydrogen (secondary N) is 1. The van der Waals surface area contributed by atoms with Gasteiger partial charge in [0.15, 0.2) is 0 Å². The average Bonchev–Trinajstić information content (AvgIpc) is 2.88. The van der Waals surface area contributed by atoms with Crippen LogP contribution in [-0.2, 0) is 6.54 Å². The van der Waals surface area contributed by atoms with Crippen LogP contribution < -0.4 is 10.9 Å². The molecule has 2 rings (SSSR count). The van der Waals surface area contributed by atoms with Gasteiger partial charge in [0, 0.05) is 12.6 Å². The Kier molecular flexibility index (Phi) is 4.57. The Hall–Kier alpha value is -2.37. The van der Waals surface area contributed by atoms with Crippen LogP contribution in [0, 0.1) is 6.92 Å². The molecule has 0 aliphatic rings. The first kappa shape index (κ1) is 15.0. The normalized spacial score (nSPS) is 12.1. The lowest BCUT2D eigenvalue weighted by Crippen LogP contribution is -2.31. The van der Waals surface area contributed by atoms with E-state index in [1.807, 2.05) is 32.9 Å². The summed E-state index contributed by atoms with van der Waals surface area (Å²) in [4.78, 5) is 23.8. The number of rotatable bonds is 5. The van der Waals surface area contributed by atoms with E-state index in [4.69, 9.17) is 4.42 Å². The van der Waals surface area contributed by atoms with Crippen LogP contribution in [0.1, 0.15) is 48.3 Å². The van der Waals surface area contributed by atoms with Crippen molar-refractivity contribution >= 4 is 5.91 Å². The van der Waals surface area contributed by atoms with Crippen molar-refractivity contribution in [3.8, 4) is 0 Å². The smallest absolute Gasteiger partial charge is 0.272 e. The minimum atomic E-state index is -0.332. The molecule has 21 heavy (non-hydrogen) atoms. The number of nitrogens with zero attached hydrogens (tertiary/aromatic N) is 2. The van der Waals surface area contributed by atoms with Crippen LogP contribution in [0.25, 0.3) is 0 Å². The fraction of sp³-hybridized carbons (Fsp3) is 0.400. The molecule has 6 nitrogen and oxygen atoms in total. The highest BCUT2D eigenvalue weighted by Crippen LogP contribution is 2.15. The lowest BCUT2D eigenvalue weighted by Gasteiger charge is -2.11. The van der Waals surface area contributed by atoms with Gasteiger partial charge in [-0.3, -0.25) is 9.59 Å². The van der Waals surface area contributed by atoms with Gasteiger partial charge in [0.1, 0.15) is 17.2 Å². The van der Waals surface area contributed by atoms with Crippen LogP contribution in [0.3, 0.4) is 0 Å². The first-order chi connectivity index (χ1) is 10.0. The van der Waals surface area contributed by atoms with E-state index in [-0.39, 0.29) is 23.2 Å². The Balaban J connectivity index is 2.13. The highest BCUT2D eigenvalue weighted by Gasteiger charge is 2.15. The SMILES string of the molecule is CCCn1nc(C(=O)N[C@@H](C)c2ccc(C)o2)ccc1=O. The fourth-order valence-corrected chi connectivity index (χ4v) is 1.97. The third-order valence-corrected chi connectivity index (χ3v) is 3.07. The second kappa shape index (κ2) is 6.39. The molecule has 0 bridgehead atoms. The van der Waals surface area contributed by atoms with Gasteiger partial charge < -0.3 is 9.73 Å². The quantitative estimate of drug-likeness (QED) is 0.913. The highest BCUT2D eigenvalue weighted by molar-refractivity contribution is 5.92. The van der Waals surface area contributed by atoms with Crippen molar-refractivity contribution in [2.24, 2.45) is 0 Å². The summed E-state index contributed by atoms with van der Waals surface area (Å²) in [5.74, 6) is 1.14. The van der Waals surface area contributed by atoms with Crippen molar-refractivity contribution in [3.05, 3.63) is 51.8 Å². The van der Waals surface area contributed by atoms with Gasteiger partial charge in [-0.15, -0.1) is 0 Å². The van der Waals surface area contributed by atoms with Crippen molar-refractivity contribution in [1.82, 2.24) is 15.1 Å². The van der Waals surface area contributed by atoms with Crippen molar-refractivity contribution < 1.29 is 9.21 Å². The van der Waals surface area contributed by atoms with Gasteiger partial charge in [0.2, 0.25) is 0 Å². The van der Waals surface area contributed by atoms with E-state index in [2.05, 4.69) is 10.4 Å². The van der Waals surface area contributed by atoms with Crippen LogP contribution in [0.4, 0.5) is 0 Å². The number of furan rings is 1. The summed E-state index contributed by atoms with van der Waals surface area (Å²) in [7, 11) is 0. The summed E-state index contributed by atoms with van der Waals surface area (Å²) in [6.07, 6.45) is 0.778. The highest BCUT2D eigenvalue weighted by atomic mass is 16.3. The Morgan fingerprint density at radius 2 is 2.14 bits per heavy atom. The zero-order valence-corrected chi connectivity index (χ0v) is 12.4. The van der Waals surface area contributed by atoms with Gasteiger partial charge in [0.05, 0.1) is 6.04 Å². The van der Waals surface area contributed by atoms with Gasteiger partial charge in [0.25, 0.3) is 11.5 Å². The molecule has 0 fully saturated rings. The van der Waals surface area contributed by atoms with E-state index in [1.165, 1.54) is 16.8 Å². The van der Waals surface area contributed by atoms with E-state index in [0.29, 0.717) is 12.3 Å². The zero-order chi connectivity index (χ0) is 15.4. The van der Waals surface area contributed by atoms with Crippen molar-refractivity contribution in [2.75, 3.05) is 0 Å². The molecule has 0 saturated carbocycles. The van der Waals surface area contributed by atoms with Crippen molar-refractivity contribution in [3.63, 3.8) is 0 Å². The maximum Gasteiger partial charge on any atom is 0.272 e. The molecule has 1 atom stereocenters. The Labute approximate surface area is 122 Å². The number of aromatic nitrogens is 2. The molecule has 0 aliphatic carbocycles. The van der Waals surface area contributed by atoms with Crippen LogP contribution in [0.5, 0.6) is 0 Å². The number of aryl methyl sites for hydroxylation is 2. The summed E-state index contributed by atoms with van der Waals surface area (Å²) in [6.45, 7) is 6.12. The Morgan fingerprint density at radius 1 is 1.38 bits per heavy atom. The molecule has 0 saturated heterocycles. The molecule has 1 N–H and O–H groups in total. The Morgan fingerprint density at radius 3 is 2.76 bits per heavy atom. The molecule has 0 radical (unpaired) electrons. The molecule has 0 unspecified atom stereocenters. The first-order valence-corrected chi connectivity index (χ1v) is 6.96. The number of hydrogen-bond acceptors (Lipinski definition) is 4. The monoisotopic (exact) mass is 289 g/mol. The summed E-state index contributed by atoms with van der Waals surface area (Å²) in [6, 6.07) is 6.20. The molecule has 112 valence electrons. The number of carbonyl (C=O) groups is 1.